The van der Waals surface area contributed by atoms with Crippen LogP contribution in [0.1, 0.15) is 30.1 Å². The summed E-state index contributed by atoms with van der Waals surface area (Å²) in [5, 5.41) is 2.83. The molecule has 106 valence electrons. The van der Waals surface area contributed by atoms with Crippen LogP contribution >= 0.6 is 0 Å². The predicted molar refractivity (Wildman–Crippen MR) is 72.7 cm³/mol. The molecule has 0 heterocycles. The van der Waals surface area contributed by atoms with Crippen molar-refractivity contribution in [2.45, 2.75) is 19.8 Å². The number of methoxy groups -OCH3 is 1. The molecule has 1 rings (SSSR count). The molecule has 1 aromatic rings. The summed E-state index contributed by atoms with van der Waals surface area (Å²) in [6, 6.07) is 4.07. The van der Waals surface area contributed by atoms with E-state index in [0.717, 1.165) is 12.8 Å². The molecule has 3 N–H and O–H groups in total. The van der Waals surface area contributed by atoms with E-state index in [2.05, 4.69) is 12.2 Å². The van der Waals surface area contributed by atoms with Crippen molar-refractivity contribution in [3.63, 3.8) is 0 Å². The van der Waals surface area contributed by atoms with E-state index in [9.17, 15) is 9.18 Å². The number of amides is 1. The number of benzene rings is 1. The third-order valence-corrected chi connectivity index (χ3v) is 3.12. The van der Waals surface area contributed by atoms with Crippen molar-refractivity contribution in [3.8, 4) is 5.75 Å². The minimum Gasteiger partial charge on any atom is -0.494 e. The number of hydrogen-bond donors (Lipinski definition) is 2. The number of rotatable bonds is 7. The lowest BCUT2D eigenvalue weighted by atomic mass is 10.0. The summed E-state index contributed by atoms with van der Waals surface area (Å²) in [6.45, 7) is 3.25. The van der Waals surface area contributed by atoms with Gasteiger partial charge in [-0.1, -0.05) is 13.3 Å². The summed E-state index contributed by atoms with van der Waals surface area (Å²) in [5.74, 6) is -0.264. The first kappa shape index (κ1) is 15.4. The highest BCUT2D eigenvalue weighted by Gasteiger charge is 2.12. The van der Waals surface area contributed by atoms with E-state index >= 15 is 0 Å². The van der Waals surface area contributed by atoms with E-state index in [1.54, 1.807) is 0 Å². The summed E-state index contributed by atoms with van der Waals surface area (Å²) in [5.41, 5.74) is 5.90. The Balaban J connectivity index is 2.62. The Morgan fingerprint density at radius 3 is 2.84 bits per heavy atom. The first-order chi connectivity index (χ1) is 9.12. The van der Waals surface area contributed by atoms with Gasteiger partial charge in [0.1, 0.15) is 0 Å². The maximum Gasteiger partial charge on any atom is 0.251 e. The quantitative estimate of drug-likeness (QED) is 0.794. The molecule has 19 heavy (non-hydrogen) atoms. The molecular formula is C14H21FN2O2. The zero-order chi connectivity index (χ0) is 14.3. The van der Waals surface area contributed by atoms with Gasteiger partial charge in [-0.15, -0.1) is 0 Å². The van der Waals surface area contributed by atoms with Gasteiger partial charge in [-0.3, -0.25) is 4.79 Å². The largest absolute Gasteiger partial charge is 0.494 e. The standard InChI is InChI=1S/C14H21FN2O2/c1-3-10(6-7-16)9-17-14(18)11-4-5-12(15)13(8-11)19-2/h4-5,8,10H,3,6-7,9,16H2,1-2H3,(H,17,18). The summed E-state index contributed by atoms with van der Waals surface area (Å²) in [7, 11) is 1.37. The Bertz CT molecular complexity index is 424. The molecule has 0 fully saturated rings. The minimum absolute atomic E-state index is 0.0710. The van der Waals surface area contributed by atoms with Gasteiger partial charge in [-0.2, -0.15) is 0 Å². The molecular weight excluding hydrogens is 247 g/mol. The minimum atomic E-state index is -0.478. The highest BCUT2D eigenvalue weighted by Crippen LogP contribution is 2.18. The van der Waals surface area contributed by atoms with Gasteiger partial charge in [-0.05, 0) is 37.1 Å². The topological polar surface area (TPSA) is 64.3 Å². The Morgan fingerprint density at radius 2 is 2.26 bits per heavy atom. The highest BCUT2D eigenvalue weighted by molar-refractivity contribution is 5.94. The maximum absolute atomic E-state index is 13.2. The second kappa shape index (κ2) is 7.74. The van der Waals surface area contributed by atoms with E-state index in [1.807, 2.05) is 0 Å². The second-order valence-corrected chi connectivity index (χ2v) is 4.41. The zero-order valence-corrected chi connectivity index (χ0v) is 11.4. The molecule has 1 unspecified atom stereocenters. The molecule has 0 saturated carbocycles. The van der Waals surface area contributed by atoms with Crippen molar-refractivity contribution in [1.82, 2.24) is 5.32 Å². The van der Waals surface area contributed by atoms with Gasteiger partial charge in [0.15, 0.2) is 11.6 Å². The average Bonchev–Trinajstić information content (AvgIpc) is 2.43. The Morgan fingerprint density at radius 1 is 1.53 bits per heavy atom. The predicted octanol–water partition coefficient (Wildman–Crippen LogP) is 1.94. The van der Waals surface area contributed by atoms with Crippen molar-refractivity contribution >= 4 is 5.91 Å². The molecule has 1 amide bonds. The van der Waals surface area contributed by atoms with Crippen molar-refractivity contribution in [2.75, 3.05) is 20.2 Å². The molecule has 0 bridgehead atoms. The number of nitrogens with one attached hydrogen (secondary N) is 1. The molecule has 1 atom stereocenters. The van der Waals surface area contributed by atoms with Gasteiger partial charge in [-0.25, -0.2) is 4.39 Å². The van der Waals surface area contributed by atoms with Crippen molar-refractivity contribution < 1.29 is 13.9 Å². The lowest BCUT2D eigenvalue weighted by molar-refractivity contribution is 0.0945. The lowest BCUT2D eigenvalue weighted by Gasteiger charge is -2.14. The monoisotopic (exact) mass is 268 g/mol. The molecule has 0 aliphatic carbocycles. The van der Waals surface area contributed by atoms with Crippen molar-refractivity contribution in [2.24, 2.45) is 11.7 Å². The fraction of sp³-hybridized carbons (Fsp3) is 0.500. The number of carbonyl (C=O) groups is 1. The van der Waals surface area contributed by atoms with Crippen LogP contribution in [0.3, 0.4) is 0 Å². The molecule has 0 spiro atoms. The normalized spacial score (nSPS) is 12.0. The number of ether oxygens (including phenoxy) is 1. The van der Waals surface area contributed by atoms with Crippen molar-refractivity contribution in [1.29, 1.82) is 0 Å². The molecule has 5 heteroatoms. The average molecular weight is 268 g/mol. The van der Waals surface area contributed by atoms with Crippen LogP contribution in [0.4, 0.5) is 4.39 Å². The SMILES string of the molecule is CCC(CCN)CNC(=O)c1ccc(F)c(OC)c1. The van der Waals surface area contributed by atoms with Crippen LogP contribution in [0.5, 0.6) is 5.75 Å². The molecule has 0 saturated heterocycles. The summed E-state index contributed by atoms with van der Waals surface area (Å²) < 4.78 is 18.1. The number of nitrogens with two attached hydrogens (primary N) is 1. The van der Waals surface area contributed by atoms with Crippen LogP contribution in [-0.2, 0) is 0 Å². The number of hydrogen-bond acceptors (Lipinski definition) is 3. The summed E-state index contributed by atoms with van der Waals surface area (Å²) >= 11 is 0. The van der Waals surface area contributed by atoms with Crippen LogP contribution in [0.25, 0.3) is 0 Å². The van der Waals surface area contributed by atoms with Gasteiger partial charge in [0.25, 0.3) is 5.91 Å². The first-order valence-corrected chi connectivity index (χ1v) is 6.44. The van der Waals surface area contributed by atoms with E-state index in [0.29, 0.717) is 24.6 Å². The lowest BCUT2D eigenvalue weighted by Crippen LogP contribution is -2.30. The van der Waals surface area contributed by atoms with Gasteiger partial charge < -0.3 is 15.8 Å². The molecule has 0 radical (unpaired) electrons. The summed E-state index contributed by atoms with van der Waals surface area (Å²) in [4.78, 5) is 11.9. The van der Waals surface area contributed by atoms with Gasteiger partial charge in [0.2, 0.25) is 0 Å². The van der Waals surface area contributed by atoms with Gasteiger partial charge in [0, 0.05) is 12.1 Å². The molecule has 4 nitrogen and oxygen atoms in total. The molecule has 1 aromatic carbocycles. The van der Waals surface area contributed by atoms with E-state index < -0.39 is 5.82 Å². The third-order valence-electron chi connectivity index (χ3n) is 3.12. The van der Waals surface area contributed by atoms with Crippen LogP contribution in [0.15, 0.2) is 18.2 Å². The molecule has 0 aliphatic rings. The fourth-order valence-electron chi connectivity index (χ4n) is 1.83. The van der Waals surface area contributed by atoms with Crippen LogP contribution in [0, 0.1) is 11.7 Å². The Hall–Kier alpha value is -1.62. The van der Waals surface area contributed by atoms with E-state index in [4.69, 9.17) is 10.5 Å². The van der Waals surface area contributed by atoms with E-state index in [1.165, 1.54) is 25.3 Å². The molecule has 0 aromatic heterocycles. The maximum atomic E-state index is 13.2. The Kier molecular flexibility index (Phi) is 6.29. The fourth-order valence-corrected chi connectivity index (χ4v) is 1.83. The number of carbonyl (C=O) groups excluding carboxylic acids is 1. The third kappa shape index (κ3) is 4.52. The summed E-state index contributed by atoms with van der Waals surface area (Å²) in [6.07, 6.45) is 1.84. The highest BCUT2D eigenvalue weighted by atomic mass is 19.1. The zero-order valence-electron chi connectivity index (χ0n) is 11.4. The van der Waals surface area contributed by atoms with Crippen LogP contribution < -0.4 is 15.8 Å². The van der Waals surface area contributed by atoms with Gasteiger partial charge >= 0.3 is 0 Å². The van der Waals surface area contributed by atoms with Crippen LogP contribution in [0.2, 0.25) is 0 Å². The first-order valence-electron chi connectivity index (χ1n) is 6.44. The van der Waals surface area contributed by atoms with Gasteiger partial charge in [0.05, 0.1) is 7.11 Å². The van der Waals surface area contributed by atoms with Crippen LogP contribution in [-0.4, -0.2) is 26.1 Å². The smallest absolute Gasteiger partial charge is 0.251 e. The second-order valence-electron chi connectivity index (χ2n) is 4.41. The Labute approximate surface area is 113 Å². The van der Waals surface area contributed by atoms with Crippen molar-refractivity contribution in [3.05, 3.63) is 29.6 Å². The van der Waals surface area contributed by atoms with E-state index in [-0.39, 0.29) is 11.7 Å². The number of halogens is 1. The molecule has 0 aliphatic heterocycles.